The SMILES string of the molecule is COCCNC(=O)c1cc(C(N)=O)cc(C(=O)N(CCOC)CCOC)c1. The number of carbonyl (C=O) groups is 3. The fraction of sp³-hybridized carbons (Fsp3) is 0.500. The van der Waals surface area contributed by atoms with Crippen LogP contribution in [0.15, 0.2) is 18.2 Å². The number of hydrogen-bond donors (Lipinski definition) is 2. The molecule has 1 aromatic rings. The molecular formula is C18H27N3O6. The molecule has 1 rings (SSSR count). The fourth-order valence-electron chi connectivity index (χ4n) is 2.29. The molecule has 0 aliphatic rings. The van der Waals surface area contributed by atoms with Gasteiger partial charge < -0.3 is 30.2 Å². The van der Waals surface area contributed by atoms with E-state index in [9.17, 15) is 14.4 Å². The number of rotatable bonds is 12. The summed E-state index contributed by atoms with van der Waals surface area (Å²) in [5, 5.41) is 2.65. The molecule has 150 valence electrons. The van der Waals surface area contributed by atoms with Gasteiger partial charge in [-0.2, -0.15) is 0 Å². The lowest BCUT2D eigenvalue weighted by Gasteiger charge is -2.22. The molecule has 0 radical (unpaired) electrons. The third-order valence-electron chi connectivity index (χ3n) is 3.74. The molecule has 0 bridgehead atoms. The highest BCUT2D eigenvalue weighted by Gasteiger charge is 2.19. The highest BCUT2D eigenvalue weighted by Crippen LogP contribution is 2.13. The van der Waals surface area contributed by atoms with Crippen LogP contribution < -0.4 is 11.1 Å². The maximum absolute atomic E-state index is 12.9. The van der Waals surface area contributed by atoms with Gasteiger partial charge >= 0.3 is 0 Å². The van der Waals surface area contributed by atoms with Crippen LogP contribution in [0.3, 0.4) is 0 Å². The van der Waals surface area contributed by atoms with E-state index < -0.39 is 11.8 Å². The van der Waals surface area contributed by atoms with E-state index in [1.165, 1.54) is 44.4 Å². The van der Waals surface area contributed by atoms with E-state index >= 15 is 0 Å². The summed E-state index contributed by atoms with van der Waals surface area (Å²) in [6.45, 7) is 2.01. The standard InChI is InChI=1S/C18H27N3O6/c1-25-7-4-20-17(23)14-10-13(16(19)22)11-15(12-14)18(24)21(5-8-26-2)6-9-27-3/h10-12H,4-9H2,1-3H3,(H2,19,22)(H,20,23). The quantitative estimate of drug-likeness (QED) is 0.488. The molecule has 9 nitrogen and oxygen atoms in total. The number of amides is 3. The summed E-state index contributed by atoms with van der Waals surface area (Å²) in [5.41, 5.74) is 5.79. The van der Waals surface area contributed by atoms with Gasteiger partial charge in [0.25, 0.3) is 11.8 Å². The van der Waals surface area contributed by atoms with Gasteiger partial charge in [-0.3, -0.25) is 14.4 Å². The van der Waals surface area contributed by atoms with Crippen LogP contribution in [0.2, 0.25) is 0 Å². The third kappa shape index (κ3) is 7.33. The lowest BCUT2D eigenvalue weighted by Crippen LogP contribution is -2.37. The minimum absolute atomic E-state index is 0.0798. The number of ether oxygens (including phenoxy) is 3. The van der Waals surface area contributed by atoms with Crippen LogP contribution in [0, 0.1) is 0 Å². The molecule has 0 atom stereocenters. The van der Waals surface area contributed by atoms with Crippen molar-refractivity contribution in [2.24, 2.45) is 5.73 Å². The number of nitrogens with zero attached hydrogens (tertiary/aromatic N) is 1. The zero-order chi connectivity index (χ0) is 20.2. The number of primary amides is 1. The maximum Gasteiger partial charge on any atom is 0.254 e. The first-order chi connectivity index (χ1) is 12.9. The predicted molar refractivity (Wildman–Crippen MR) is 98.8 cm³/mol. The summed E-state index contributed by atoms with van der Waals surface area (Å²) in [5.74, 6) is -1.50. The topological polar surface area (TPSA) is 120 Å². The third-order valence-corrected chi connectivity index (χ3v) is 3.74. The van der Waals surface area contributed by atoms with Gasteiger partial charge in [-0.25, -0.2) is 0 Å². The number of nitrogens with one attached hydrogen (secondary N) is 1. The van der Waals surface area contributed by atoms with E-state index in [1.807, 2.05) is 0 Å². The summed E-state index contributed by atoms with van der Waals surface area (Å²) < 4.78 is 14.9. The van der Waals surface area contributed by atoms with Gasteiger partial charge in [0.2, 0.25) is 5.91 Å². The van der Waals surface area contributed by atoms with Crippen molar-refractivity contribution in [3.63, 3.8) is 0 Å². The molecular weight excluding hydrogens is 354 g/mol. The number of methoxy groups -OCH3 is 3. The number of benzene rings is 1. The lowest BCUT2D eigenvalue weighted by atomic mass is 10.0. The van der Waals surface area contributed by atoms with Gasteiger partial charge in [-0.1, -0.05) is 0 Å². The average Bonchev–Trinajstić information content (AvgIpc) is 2.67. The van der Waals surface area contributed by atoms with Crippen LogP contribution in [0.25, 0.3) is 0 Å². The normalized spacial score (nSPS) is 10.5. The molecule has 3 N–H and O–H groups in total. The second-order valence-electron chi connectivity index (χ2n) is 5.69. The van der Waals surface area contributed by atoms with E-state index in [1.54, 1.807) is 0 Å². The molecule has 0 aliphatic carbocycles. The second-order valence-corrected chi connectivity index (χ2v) is 5.69. The molecule has 9 heteroatoms. The molecule has 0 aromatic heterocycles. The van der Waals surface area contributed by atoms with Crippen molar-refractivity contribution in [1.82, 2.24) is 10.2 Å². The number of nitrogens with two attached hydrogens (primary N) is 1. The van der Waals surface area contributed by atoms with Crippen LogP contribution in [-0.2, 0) is 14.2 Å². The van der Waals surface area contributed by atoms with E-state index in [0.717, 1.165) is 0 Å². The minimum Gasteiger partial charge on any atom is -0.383 e. The molecule has 27 heavy (non-hydrogen) atoms. The fourth-order valence-corrected chi connectivity index (χ4v) is 2.29. The average molecular weight is 381 g/mol. The van der Waals surface area contributed by atoms with Crippen LogP contribution in [0.1, 0.15) is 31.1 Å². The highest BCUT2D eigenvalue weighted by atomic mass is 16.5. The van der Waals surface area contributed by atoms with Gasteiger partial charge in [-0.15, -0.1) is 0 Å². The highest BCUT2D eigenvalue weighted by molar-refractivity contribution is 6.04. The Balaban J connectivity index is 3.13. The number of hydrogen-bond acceptors (Lipinski definition) is 6. The minimum atomic E-state index is -0.726. The number of carbonyl (C=O) groups excluding carboxylic acids is 3. The first-order valence-corrected chi connectivity index (χ1v) is 8.43. The zero-order valence-electron chi connectivity index (χ0n) is 15.9. The molecule has 0 heterocycles. The lowest BCUT2D eigenvalue weighted by molar-refractivity contribution is 0.0627. The Hall–Kier alpha value is -2.49. The molecule has 0 saturated carbocycles. The van der Waals surface area contributed by atoms with Gasteiger partial charge in [0.1, 0.15) is 0 Å². The first-order valence-electron chi connectivity index (χ1n) is 8.43. The van der Waals surface area contributed by atoms with Crippen LogP contribution in [0.5, 0.6) is 0 Å². The van der Waals surface area contributed by atoms with Crippen molar-refractivity contribution in [1.29, 1.82) is 0 Å². The van der Waals surface area contributed by atoms with Crippen molar-refractivity contribution in [3.05, 3.63) is 34.9 Å². The molecule has 0 spiro atoms. The molecule has 0 fully saturated rings. The Morgan fingerprint density at radius 3 is 1.93 bits per heavy atom. The smallest absolute Gasteiger partial charge is 0.254 e. The summed E-state index contributed by atoms with van der Waals surface area (Å²) in [6, 6.07) is 4.17. The van der Waals surface area contributed by atoms with Crippen molar-refractivity contribution < 1.29 is 28.6 Å². The van der Waals surface area contributed by atoms with Gasteiger partial charge in [0, 0.05) is 57.7 Å². The second kappa shape index (κ2) is 12.0. The Kier molecular flexibility index (Phi) is 10.0. The Morgan fingerprint density at radius 1 is 0.889 bits per heavy atom. The predicted octanol–water partition coefficient (Wildman–Crippen LogP) is -0.103. The Labute approximate surface area is 158 Å². The van der Waals surface area contributed by atoms with Crippen LogP contribution in [0.4, 0.5) is 0 Å². The van der Waals surface area contributed by atoms with Gasteiger partial charge in [-0.05, 0) is 18.2 Å². The first kappa shape index (κ1) is 22.6. The Morgan fingerprint density at radius 2 is 1.41 bits per heavy atom. The summed E-state index contributed by atoms with van der Waals surface area (Å²) in [4.78, 5) is 38.3. The van der Waals surface area contributed by atoms with Gasteiger partial charge in [0.05, 0.1) is 19.8 Å². The van der Waals surface area contributed by atoms with E-state index in [2.05, 4.69) is 5.32 Å². The van der Waals surface area contributed by atoms with Crippen LogP contribution >= 0.6 is 0 Å². The van der Waals surface area contributed by atoms with Crippen molar-refractivity contribution >= 4 is 17.7 Å². The van der Waals surface area contributed by atoms with Crippen LogP contribution in [-0.4, -0.2) is 83.4 Å². The molecule has 0 saturated heterocycles. The summed E-state index contributed by atoms with van der Waals surface area (Å²) in [6.07, 6.45) is 0. The van der Waals surface area contributed by atoms with E-state index in [4.69, 9.17) is 19.9 Å². The molecule has 3 amide bonds. The largest absolute Gasteiger partial charge is 0.383 e. The van der Waals surface area contributed by atoms with Crippen molar-refractivity contribution in [3.8, 4) is 0 Å². The van der Waals surface area contributed by atoms with Crippen molar-refractivity contribution in [2.45, 2.75) is 0 Å². The summed E-state index contributed by atoms with van der Waals surface area (Å²) >= 11 is 0. The summed E-state index contributed by atoms with van der Waals surface area (Å²) in [7, 11) is 4.59. The maximum atomic E-state index is 12.9. The van der Waals surface area contributed by atoms with Gasteiger partial charge in [0.15, 0.2) is 0 Å². The monoisotopic (exact) mass is 381 g/mol. The molecule has 0 unspecified atom stereocenters. The zero-order valence-corrected chi connectivity index (χ0v) is 15.9. The van der Waals surface area contributed by atoms with E-state index in [-0.39, 0.29) is 22.6 Å². The van der Waals surface area contributed by atoms with E-state index in [0.29, 0.717) is 39.5 Å². The Bertz CT molecular complexity index is 642. The molecule has 0 aliphatic heterocycles. The molecule has 1 aromatic carbocycles. The van der Waals surface area contributed by atoms with Crippen molar-refractivity contribution in [2.75, 3.05) is 60.8 Å².